The van der Waals surface area contributed by atoms with Crippen LogP contribution in [0.3, 0.4) is 0 Å². The normalized spacial score (nSPS) is 10.4. The van der Waals surface area contributed by atoms with E-state index in [1.54, 1.807) is 43.4 Å². The lowest BCUT2D eigenvalue weighted by molar-refractivity contribution is 0.628. The molecule has 0 saturated heterocycles. The van der Waals surface area contributed by atoms with Gasteiger partial charge in [-0.2, -0.15) is 5.10 Å². The van der Waals surface area contributed by atoms with E-state index < -0.39 is 0 Å². The first-order valence-electron chi connectivity index (χ1n) is 17.6. The van der Waals surface area contributed by atoms with Gasteiger partial charge in [-0.25, -0.2) is 15.0 Å². The Labute approximate surface area is 312 Å². The van der Waals surface area contributed by atoms with Crippen molar-refractivity contribution < 1.29 is 0 Å². The minimum atomic E-state index is 0.0516. The molecule has 5 N–H and O–H groups in total. The number of pyridine rings is 3. The lowest BCUT2D eigenvalue weighted by Crippen LogP contribution is -2.26. The van der Waals surface area contributed by atoms with Gasteiger partial charge in [0.15, 0.2) is 0 Å². The summed E-state index contributed by atoms with van der Waals surface area (Å²) in [6, 6.07) is 18.9. The van der Waals surface area contributed by atoms with E-state index in [4.69, 9.17) is 0 Å². The van der Waals surface area contributed by atoms with Crippen molar-refractivity contribution in [1.82, 2.24) is 35.1 Å². The molecule has 5 heterocycles. The Morgan fingerprint density at radius 2 is 1.02 bits per heavy atom. The van der Waals surface area contributed by atoms with Gasteiger partial charge in [-0.05, 0) is 132 Å². The van der Waals surface area contributed by atoms with E-state index in [1.165, 1.54) is 6.33 Å². The van der Waals surface area contributed by atoms with Gasteiger partial charge in [0.05, 0.1) is 23.8 Å². The number of aromatic nitrogens is 7. The fraction of sp³-hybridized carbons (Fsp3) is 0.425. The molecule has 52 heavy (non-hydrogen) atoms. The summed E-state index contributed by atoms with van der Waals surface area (Å²) >= 11 is 0. The first-order valence-corrected chi connectivity index (χ1v) is 17.6. The zero-order valence-corrected chi connectivity index (χ0v) is 33.3. The second kappa shape index (κ2) is 24.7. The Bertz CT molecular complexity index is 1370. The topological polar surface area (TPSA) is 150 Å². The van der Waals surface area contributed by atoms with Gasteiger partial charge < -0.3 is 26.6 Å². The van der Waals surface area contributed by atoms with Gasteiger partial charge in [0.25, 0.3) is 0 Å². The molecule has 5 rings (SSSR count). The molecule has 0 unspecified atom stereocenters. The molecule has 0 saturated carbocycles. The van der Waals surface area contributed by atoms with Crippen LogP contribution in [0.5, 0.6) is 0 Å². The molecular formula is C40H62N12. The van der Waals surface area contributed by atoms with Crippen molar-refractivity contribution in [1.29, 1.82) is 0 Å². The molecule has 5 aromatic heterocycles. The van der Waals surface area contributed by atoms with Crippen LogP contribution in [0.4, 0.5) is 28.7 Å². The van der Waals surface area contributed by atoms with Crippen LogP contribution in [0.1, 0.15) is 83.1 Å². The zero-order valence-electron chi connectivity index (χ0n) is 33.3. The van der Waals surface area contributed by atoms with Crippen molar-refractivity contribution in [2.45, 2.75) is 112 Å². The minimum absolute atomic E-state index is 0.0516. The average Bonchev–Trinajstić information content (AvgIpc) is 3.06. The molecule has 0 fully saturated rings. The van der Waals surface area contributed by atoms with E-state index in [9.17, 15) is 0 Å². The highest BCUT2D eigenvalue weighted by atomic mass is 15.2. The van der Waals surface area contributed by atoms with Crippen LogP contribution in [0.15, 0.2) is 110 Å². The summed E-state index contributed by atoms with van der Waals surface area (Å²) < 4.78 is 0. The number of nitrogens with one attached hydrogen (secondary N) is 5. The van der Waals surface area contributed by atoms with Gasteiger partial charge in [-0.3, -0.25) is 9.97 Å². The van der Waals surface area contributed by atoms with Gasteiger partial charge in [-0.1, -0.05) is 6.07 Å². The SMILES string of the molecule is CC(C)(C)Nc1cccnn1.CC(C)(C)Nc1cncnc1.CC(C)Nc1ccccn1.CC(C)Nc1cccnc1.CC(C)Nc1ccncc1. The van der Waals surface area contributed by atoms with E-state index in [0.29, 0.717) is 18.1 Å². The van der Waals surface area contributed by atoms with Crippen molar-refractivity contribution in [3.63, 3.8) is 0 Å². The number of rotatable bonds is 8. The van der Waals surface area contributed by atoms with Crippen LogP contribution in [-0.2, 0) is 0 Å². The molecule has 12 heteroatoms. The maximum Gasteiger partial charge on any atom is 0.149 e. The minimum Gasteiger partial charge on any atom is -0.383 e. The molecule has 0 bridgehead atoms. The number of hydrogen-bond donors (Lipinski definition) is 5. The Kier molecular flexibility index (Phi) is 21.2. The monoisotopic (exact) mass is 711 g/mol. The van der Waals surface area contributed by atoms with Crippen molar-refractivity contribution in [2.24, 2.45) is 0 Å². The molecule has 12 nitrogen and oxygen atoms in total. The van der Waals surface area contributed by atoms with Crippen molar-refractivity contribution >= 4 is 28.7 Å². The summed E-state index contributed by atoms with van der Waals surface area (Å²) in [6.07, 6.45) is 15.6. The molecule has 0 amide bonds. The van der Waals surface area contributed by atoms with Crippen LogP contribution in [-0.4, -0.2) is 64.3 Å². The standard InChI is InChI=1S/2C8H13N3.3C8H12N2/c1-8(2,3)11-7-4-9-6-10-5-7;1-8(2,3)10-7-5-4-6-9-11-7;1-7(2)10-8-3-5-9-6-4-8;1-7(2)10-8-4-3-5-9-6-8;1-7(2)10-8-5-3-4-6-9-8/h4-6,11H,1-3H3;4-6H,1-3H3,(H,10,11);3-7H,1-2H3,(H,9,10);3-7,10H,1-2H3;3-7H,1-2H3,(H,9,10). The predicted molar refractivity (Wildman–Crippen MR) is 220 cm³/mol. The van der Waals surface area contributed by atoms with Crippen LogP contribution >= 0.6 is 0 Å². The Balaban J connectivity index is 0.000000325. The Morgan fingerprint density at radius 1 is 0.462 bits per heavy atom. The molecule has 0 aromatic carbocycles. The van der Waals surface area contributed by atoms with Gasteiger partial charge in [0.2, 0.25) is 0 Å². The fourth-order valence-electron chi connectivity index (χ4n) is 3.86. The molecule has 0 aliphatic carbocycles. The fourth-order valence-corrected chi connectivity index (χ4v) is 3.86. The van der Waals surface area contributed by atoms with E-state index in [0.717, 1.165) is 28.7 Å². The molecular weight excluding hydrogens is 649 g/mol. The van der Waals surface area contributed by atoms with Crippen LogP contribution < -0.4 is 26.6 Å². The van der Waals surface area contributed by atoms with E-state index >= 15 is 0 Å². The Morgan fingerprint density at radius 3 is 1.50 bits per heavy atom. The third kappa shape index (κ3) is 26.5. The molecule has 0 aliphatic heterocycles. The van der Waals surface area contributed by atoms with E-state index in [-0.39, 0.29) is 11.1 Å². The summed E-state index contributed by atoms with van der Waals surface area (Å²) in [6.45, 7) is 25.2. The van der Waals surface area contributed by atoms with Gasteiger partial charge >= 0.3 is 0 Å². The van der Waals surface area contributed by atoms with Crippen molar-refractivity contribution in [2.75, 3.05) is 26.6 Å². The van der Waals surface area contributed by atoms with Crippen LogP contribution in [0.25, 0.3) is 0 Å². The molecule has 0 radical (unpaired) electrons. The number of hydrogen-bond acceptors (Lipinski definition) is 12. The van der Waals surface area contributed by atoms with E-state index in [2.05, 4.69) is 145 Å². The summed E-state index contributed by atoms with van der Waals surface area (Å²) in [5, 5.41) is 23.8. The summed E-state index contributed by atoms with van der Waals surface area (Å²) in [5.74, 6) is 1.76. The highest BCUT2D eigenvalue weighted by molar-refractivity contribution is 5.42. The maximum atomic E-state index is 4.11. The summed E-state index contributed by atoms with van der Waals surface area (Å²) in [5.41, 5.74) is 3.29. The smallest absolute Gasteiger partial charge is 0.149 e. The van der Waals surface area contributed by atoms with Gasteiger partial charge in [0.1, 0.15) is 18.0 Å². The zero-order chi connectivity index (χ0) is 38.8. The maximum absolute atomic E-state index is 4.11. The molecule has 0 spiro atoms. The largest absolute Gasteiger partial charge is 0.383 e. The van der Waals surface area contributed by atoms with Crippen LogP contribution in [0, 0.1) is 0 Å². The third-order valence-electron chi connectivity index (χ3n) is 5.51. The van der Waals surface area contributed by atoms with Crippen molar-refractivity contribution in [3.05, 3.63) is 110 Å². The van der Waals surface area contributed by atoms with Crippen LogP contribution in [0.2, 0.25) is 0 Å². The van der Waals surface area contributed by atoms with Gasteiger partial charge in [-0.15, -0.1) is 5.10 Å². The lowest BCUT2D eigenvalue weighted by atomic mass is 10.1. The number of anilines is 5. The second-order valence-corrected chi connectivity index (χ2v) is 14.6. The second-order valence-electron chi connectivity index (χ2n) is 14.6. The summed E-state index contributed by atoms with van der Waals surface area (Å²) in [7, 11) is 0. The molecule has 282 valence electrons. The van der Waals surface area contributed by atoms with Gasteiger partial charge in [0, 0.05) is 72.1 Å². The third-order valence-corrected chi connectivity index (χ3v) is 5.51. The number of nitrogens with zero attached hydrogens (tertiary/aromatic N) is 7. The predicted octanol–water partition coefficient (Wildman–Crippen LogP) is 9.08. The summed E-state index contributed by atoms with van der Waals surface area (Å²) in [4.78, 5) is 19.8. The first-order chi connectivity index (χ1) is 24.5. The van der Waals surface area contributed by atoms with Crippen molar-refractivity contribution in [3.8, 4) is 0 Å². The lowest BCUT2D eigenvalue weighted by Gasteiger charge is -2.21. The average molecular weight is 711 g/mol. The Hall–Kier alpha value is -5.39. The molecule has 0 aliphatic rings. The molecule has 5 aromatic rings. The highest BCUT2D eigenvalue weighted by Crippen LogP contribution is 2.11. The van der Waals surface area contributed by atoms with E-state index in [1.807, 2.05) is 60.8 Å². The first kappa shape index (κ1) is 44.6. The molecule has 0 atom stereocenters. The highest BCUT2D eigenvalue weighted by Gasteiger charge is 2.09. The quantitative estimate of drug-likeness (QED) is 0.105.